The molecule has 0 fully saturated rings. The maximum atomic E-state index is 15.4. The van der Waals surface area contributed by atoms with Gasteiger partial charge in [-0.1, -0.05) is 105 Å². The van der Waals surface area contributed by atoms with Crippen molar-refractivity contribution in [1.29, 1.82) is 0 Å². The van der Waals surface area contributed by atoms with Crippen LogP contribution in [0.5, 0.6) is 0 Å². The molecule has 0 saturated carbocycles. The number of benzene rings is 4. The predicted octanol–water partition coefficient (Wildman–Crippen LogP) is 9.69. The number of hydrogen-bond donors (Lipinski definition) is 0. The van der Waals surface area contributed by atoms with E-state index in [1.54, 1.807) is 24.3 Å². The first kappa shape index (κ1) is 25.4. The molecule has 0 heterocycles. The van der Waals surface area contributed by atoms with Crippen LogP contribution in [-0.4, -0.2) is 0 Å². The molecule has 0 unspecified atom stereocenters. The molecule has 0 aromatic heterocycles. The van der Waals surface area contributed by atoms with Crippen molar-refractivity contribution < 1.29 is 8.78 Å². The largest absolute Gasteiger partial charge is 0.203 e. The lowest BCUT2D eigenvalue weighted by Gasteiger charge is -2.09. The average Bonchev–Trinajstić information content (AvgIpc) is 2.93. The van der Waals surface area contributed by atoms with Crippen LogP contribution in [0.15, 0.2) is 84.9 Å². The lowest BCUT2D eigenvalue weighted by atomic mass is 9.97. The second-order valence-electron chi connectivity index (χ2n) is 9.19. The van der Waals surface area contributed by atoms with E-state index in [9.17, 15) is 0 Å². The molecular formula is C34H32F2. The summed E-state index contributed by atoms with van der Waals surface area (Å²) < 4.78 is 30.6. The molecule has 0 bridgehead atoms. The quantitative estimate of drug-likeness (QED) is 0.175. The first-order chi connectivity index (χ1) is 17.6. The summed E-state index contributed by atoms with van der Waals surface area (Å²) in [5.74, 6) is 4.76. The van der Waals surface area contributed by atoms with Crippen LogP contribution in [0.4, 0.5) is 8.78 Å². The molecule has 0 aliphatic heterocycles. The van der Waals surface area contributed by atoms with Crippen LogP contribution in [-0.2, 0) is 12.8 Å². The standard InChI is InChI=1S/C34H32F2/c1-3-5-9-25-13-15-27(16-14-25)17-20-28-23-24-32(31-12-8-7-11-30(28)31)34(36)33(35)29-21-18-26(19-22-29)10-6-4-2/h7-8,11-16,18-19,21-24H,3-6,9-10H2,1-2H3/b34-33+. The molecule has 182 valence electrons. The van der Waals surface area contributed by atoms with Gasteiger partial charge in [0, 0.05) is 22.3 Å². The highest BCUT2D eigenvalue weighted by Crippen LogP contribution is 2.34. The Hall–Kier alpha value is -3.70. The van der Waals surface area contributed by atoms with E-state index >= 15 is 8.78 Å². The van der Waals surface area contributed by atoms with Crippen LogP contribution < -0.4 is 0 Å². The Labute approximate surface area is 213 Å². The van der Waals surface area contributed by atoms with Crippen molar-refractivity contribution >= 4 is 22.4 Å². The van der Waals surface area contributed by atoms with Crippen molar-refractivity contribution in [2.75, 3.05) is 0 Å². The summed E-state index contributed by atoms with van der Waals surface area (Å²) in [4.78, 5) is 0. The van der Waals surface area contributed by atoms with E-state index < -0.39 is 11.7 Å². The minimum absolute atomic E-state index is 0.240. The highest BCUT2D eigenvalue weighted by molar-refractivity contribution is 6.00. The molecular weight excluding hydrogens is 446 g/mol. The molecule has 36 heavy (non-hydrogen) atoms. The van der Waals surface area contributed by atoms with Crippen molar-refractivity contribution in [3.63, 3.8) is 0 Å². The van der Waals surface area contributed by atoms with Crippen molar-refractivity contribution in [3.8, 4) is 11.8 Å². The van der Waals surface area contributed by atoms with Crippen molar-refractivity contribution in [2.45, 2.75) is 52.4 Å². The molecule has 0 atom stereocenters. The lowest BCUT2D eigenvalue weighted by molar-refractivity contribution is 0.701. The highest BCUT2D eigenvalue weighted by atomic mass is 19.2. The summed E-state index contributed by atoms with van der Waals surface area (Å²) >= 11 is 0. The number of rotatable bonds is 8. The van der Waals surface area contributed by atoms with E-state index in [0.29, 0.717) is 5.39 Å². The Morgan fingerprint density at radius 1 is 0.611 bits per heavy atom. The molecule has 4 rings (SSSR count). The Balaban J connectivity index is 1.64. The predicted molar refractivity (Wildman–Crippen MR) is 149 cm³/mol. The summed E-state index contributed by atoms with van der Waals surface area (Å²) in [6.45, 7) is 4.33. The van der Waals surface area contributed by atoms with Gasteiger partial charge >= 0.3 is 0 Å². The molecule has 4 aromatic rings. The fourth-order valence-corrected chi connectivity index (χ4v) is 4.32. The number of unbranched alkanes of at least 4 members (excludes halogenated alkanes) is 2. The van der Waals surface area contributed by atoms with Gasteiger partial charge in [-0.2, -0.15) is 0 Å². The van der Waals surface area contributed by atoms with Crippen LogP contribution >= 0.6 is 0 Å². The van der Waals surface area contributed by atoms with Crippen molar-refractivity contribution in [3.05, 3.63) is 118 Å². The number of aryl methyl sites for hydroxylation is 2. The maximum Gasteiger partial charge on any atom is 0.167 e. The molecule has 0 radical (unpaired) electrons. The normalized spacial score (nSPS) is 11.7. The second kappa shape index (κ2) is 12.3. The summed E-state index contributed by atoms with van der Waals surface area (Å²) in [5.41, 5.74) is 4.67. The van der Waals surface area contributed by atoms with Crippen LogP contribution in [0.1, 0.15) is 72.9 Å². The van der Waals surface area contributed by atoms with Crippen molar-refractivity contribution in [1.82, 2.24) is 0 Å². The zero-order valence-corrected chi connectivity index (χ0v) is 21.1. The molecule has 0 nitrogen and oxygen atoms in total. The smallest absolute Gasteiger partial charge is 0.167 e. The Morgan fingerprint density at radius 3 is 1.81 bits per heavy atom. The molecule has 2 heteroatoms. The fraction of sp³-hybridized carbons (Fsp3) is 0.235. The van der Waals surface area contributed by atoms with E-state index in [2.05, 4.69) is 37.8 Å². The van der Waals surface area contributed by atoms with Gasteiger partial charge in [0.05, 0.1) is 0 Å². The maximum absolute atomic E-state index is 15.4. The Bertz CT molecular complexity index is 1400. The fourth-order valence-electron chi connectivity index (χ4n) is 4.32. The van der Waals surface area contributed by atoms with Crippen molar-refractivity contribution in [2.24, 2.45) is 0 Å². The zero-order valence-electron chi connectivity index (χ0n) is 21.1. The SMILES string of the molecule is CCCCc1ccc(C#Cc2ccc(/C(F)=C(\F)c3ccc(CCCC)cc3)c3ccccc23)cc1. The summed E-state index contributed by atoms with van der Waals surface area (Å²) in [6, 6.07) is 26.3. The van der Waals surface area contributed by atoms with Gasteiger partial charge in [-0.05, 0) is 65.8 Å². The lowest BCUT2D eigenvalue weighted by Crippen LogP contribution is -1.90. The molecule has 0 amide bonds. The average molecular weight is 479 g/mol. The first-order valence-corrected chi connectivity index (χ1v) is 12.9. The minimum atomic E-state index is -0.852. The molecule has 0 aliphatic rings. The van der Waals surface area contributed by atoms with Gasteiger partial charge < -0.3 is 0 Å². The summed E-state index contributed by atoms with van der Waals surface area (Å²) in [7, 11) is 0. The number of hydrogen-bond acceptors (Lipinski definition) is 0. The monoisotopic (exact) mass is 478 g/mol. The molecule has 4 aromatic carbocycles. The van der Waals surface area contributed by atoms with Gasteiger partial charge in [0.2, 0.25) is 0 Å². The Morgan fingerprint density at radius 2 is 1.19 bits per heavy atom. The zero-order chi connectivity index (χ0) is 25.3. The first-order valence-electron chi connectivity index (χ1n) is 12.9. The summed E-state index contributed by atoms with van der Waals surface area (Å²) in [5, 5.41) is 1.45. The molecule has 0 spiro atoms. The molecule has 0 saturated heterocycles. The van der Waals surface area contributed by atoms with E-state index in [1.807, 2.05) is 48.5 Å². The third kappa shape index (κ3) is 6.10. The minimum Gasteiger partial charge on any atom is -0.203 e. The van der Waals surface area contributed by atoms with E-state index in [4.69, 9.17) is 0 Å². The van der Waals surface area contributed by atoms with Crippen LogP contribution in [0.2, 0.25) is 0 Å². The van der Waals surface area contributed by atoms with E-state index in [1.165, 1.54) is 18.4 Å². The van der Waals surface area contributed by atoms with E-state index in [-0.39, 0.29) is 11.1 Å². The number of fused-ring (bicyclic) bond motifs is 1. The third-order valence-corrected chi connectivity index (χ3v) is 6.49. The van der Waals surface area contributed by atoms with Crippen LogP contribution in [0.3, 0.4) is 0 Å². The van der Waals surface area contributed by atoms with Gasteiger partial charge in [0.25, 0.3) is 0 Å². The molecule has 0 N–H and O–H groups in total. The second-order valence-corrected chi connectivity index (χ2v) is 9.19. The topological polar surface area (TPSA) is 0 Å². The summed E-state index contributed by atoms with van der Waals surface area (Å²) in [6.07, 6.45) is 6.56. The van der Waals surface area contributed by atoms with E-state index in [0.717, 1.165) is 47.8 Å². The van der Waals surface area contributed by atoms with Gasteiger partial charge in [0.1, 0.15) is 0 Å². The third-order valence-electron chi connectivity index (χ3n) is 6.49. The van der Waals surface area contributed by atoms with Crippen LogP contribution in [0, 0.1) is 11.8 Å². The van der Waals surface area contributed by atoms with Crippen LogP contribution in [0.25, 0.3) is 22.4 Å². The van der Waals surface area contributed by atoms with Gasteiger partial charge in [0.15, 0.2) is 11.7 Å². The Kier molecular flexibility index (Phi) is 8.69. The number of halogens is 2. The van der Waals surface area contributed by atoms with Gasteiger partial charge in [-0.3, -0.25) is 0 Å². The van der Waals surface area contributed by atoms with Gasteiger partial charge in [-0.15, -0.1) is 0 Å². The molecule has 0 aliphatic carbocycles. The van der Waals surface area contributed by atoms with Gasteiger partial charge in [-0.25, -0.2) is 8.78 Å². The highest BCUT2D eigenvalue weighted by Gasteiger charge is 2.15.